The van der Waals surface area contributed by atoms with E-state index in [4.69, 9.17) is 31.9 Å². The van der Waals surface area contributed by atoms with Crippen molar-refractivity contribution in [2.75, 3.05) is 14.2 Å². The van der Waals surface area contributed by atoms with E-state index in [1.807, 2.05) is 6.92 Å². The minimum Gasteiger partial charge on any atom is -0.492 e. The minimum atomic E-state index is -0.881. The van der Waals surface area contributed by atoms with E-state index in [1.165, 1.54) is 14.2 Å². The van der Waals surface area contributed by atoms with E-state index in [0.717, 1.165) is 11.1 Å². The van der Waals surface area contributed by atoms with Crippen molar-refractivity contribution >= 4 is 17.6 Å². The Morgan fingerprint density at radius 1 is 1.42 bits per heavy atom. The molecule has 0 spiro atoms. The Hall–Kier alpha value is -1.46. The monoisotopic (exact) mass is 287 g/mol. The van der Waals surface area contributed by atoms with E-state index in [2.05, 4.69) is 0 Å². The van der Waals surface area contributed by atoms with Crippen molar-refractivity contribution < 1.29 is 19.4 Å². The van der Waals surface area contributed by atoms with Gasteiger partial charge in [-0.2, -0.15) is 0 Å². The maximum absolute atomic E-state index is 10.6. The number of ether oxygens (including phenoxy) is 2. The Balaban J connectivity index is 3.21. The highest BCUT2D eigenvalue weighted by molar-refractivity contribution is 6.32. The predicted octanol–water partition coefficient (Wildman–Crippen LogP) is 2.53. The highest BCUT2D eigenvalue weighted by atomic mass is 35.5. The molecule has 0 aliphatic rings. The quantitative estimate of drug-likeness (QED) is 0.840. The van der Waals surface area contributed by atoms with Gasteiger partial charge in [0.15, 0.2) is 11.5 Å². The van der Waals surface area contributed by atoms with Gasteiger partial charge in [0.1, 0.15) is 0 Å². The molecule has 1 unspecified atom stereocenters. The number of benzene rings is 1. The average molecular weight is 288 g/mol. The van der Waals surface area contributed by atoms with Gasteiger partial charge in [0.05, 0.1) is 19.2 Å². The molecule has 6 heteroatoms. The van der Waals surface area contributed by atoms with E-state index in [0.29, 0.717) is 22.9 Å². The van der Waals surface area contributed by atoms with E-state index in [9.17, 15) is 4.79 Å². The Morgan fingerprint density at radius 2 is 2.00 bits per heavy atom. The third-order valence-electron chi connectivity index (χ3n) is 2.88. The lowest BCUT2D eigenvalue weighted by Gasteiger charge is -2.20. The molecular formula is C13H18ClNO4. The van der Waals surface area contributed by atoms with Crippen molar-refractivity contribution in [1.82, 2.24) is 0 Å². The van der Waals surface area contributed by atoms with Crippen LogP contribution in [0.1, 0.15) is 30.0 Å². The van der Waals surface area contributed by atoms with Crippen molar-refractivity contribution in [3.63, 3.8) is 0 Å². The van der Waals surface area contributed by atoms with Crippen LogP contribution in [0, 0.1) is 6.92 Å². The maximum Gasteiger partial charge on any atom is 0.303 e. The molecule has 1 aromatic carbocycles. The molecule has 19 heavy (non-hydrogen) atoms. The predicted molar refractivity (Wildman–Crippen MR) is 73.1 cm³/mol. The van der Waals surface area contributed by atoms with Crippen LogP contribution in [0.25, 0.3) is 0 Å². The molecule has 1 rings (SSSR count). The van der Waals surface area contributed by atoms with E-state index >= 15 is 0 Å². The van der Waals surface area contributed by atoms with Gasteiger partial charge >= 0.3 is 5.97 Å². The van der Waals surface area contributed by atoms with E-state index < -0.39 is 12.0 Å². The fourth-order valence-electron chi connectivity index (χ4n) is 2.02. The van der Waals surface area contributed by atoms with Crippen LogP contribution in [0.5, 0.6) is 11.5 Å². The summed E-state index contributed by atoms with van der Waals surface area (Å²) in [6, 6.07) is 1.29. The van der Waals surface area contributed by atoms with Crippen molar-refractivity contribution in [1.29, 1.82) is 0 Å². The summed E-state index contributed by atoms with van der Waals surface area (Å²) in [4.78, 5) is 10.6. The van der Waals surface area contributed by atoms with Gasteiger partial charge in [-0.3, -0.25) is 4.79 Å². The lowest BCUT2D eigenvalue weighted by atomic mass is 9.96. The van der Waals surface area contributed by atoms with Crippen molar-refractivity contribution in [2.45, 2.75) is 25.8 Å². The Morgan fingerprint density at radius 3 is 2.47 bits per heavy atom. The lowest BCUT2D eigenvalue weighted by Crippen LogP contribution is -2.15. The molecule has 0 radical (unpaired) electrons. The summed E-state index contributed by atoms with van der Waals surface area (Å²) in [6.45, 7) is 1.85. The number of rotatable bonds is 6. The molecular weight excluding hydrogens is 270 g/mol. The van der Waals surface area contributed by atoms with Crippen LogP contribution in [0.2, 0.25) is 5.02 Å². The summed E-state index contributed by atoms with van der Waals surface area (Å²) < 4.78 is 10.5. The first kappa shape index (κ1) is 15.6. The van der Waals surface area contributed by atoms with Gasteiger partial charge in [0.25, 0.3) is 0 Å². The van der Waals surface area contributed by atoms with Gasteiger partial charge in [-0.25, -0.2) is 0 Å². The molecule has 0 aromatic heterocycles. The minimum absolute atomic E-state index is 0.00526. The second kappa shape index (κ2) is 6.63. The number of aliphatic carboxylic acids is 1. The molecule has 106 valence electrons. The molecule has 0 heterocycles. The number of hydrogen-bond acceptors (Lipinski definition) is 4. The van der Waals surface area contributed by atoms with Crippen LogP contribution in [-0.2, 0) is 4.79 Å². The molecule has 0 bridgehead atoms. The van der Waals surface area contributed by atoms with Crippen LogP contribution < -0.4 is 15.2 Å². The topological polar surface area (TPSA) is 81.8 Å². The number of methoxy groups -OCH3 is 2. The standard InChI is InChI=1S/C13H18ClNO4/c1-7-6-8(14)12(18-2)13(19-3)11(7)9(15)4-5-10(16)17/h6,9H,4-5,15H2,1-3H3,(H,16,17). The van der Waals surface area contributed by atoms with Crippen molar-refractivity contribution in [3.8, 4) is 11.5 Å². The maximum atomic E-state index is 10.6. The lowest BCUT2D eigenvalue weighted by molar-refractivity contribution is -0.137. The summed E-state index contributed by atoms with van der Waals surface area (Å²) >= 11 is 6.08. The third kappa shape index (κ3) is 3.52. The van der Waals surface area contributed by atoms with Crippen LogP contribution in [0.15, 0.2) is 6.07 Å². The summed E-state index contributed by atoms with van der Waals surface area (Å²) in [5, 5.41) is 9.15. The summed E-state index contributed by atoms with van der Waals surface area (Å²) in [6.07, 6.45) is 0.312. The van der Waals surface area contributed by atoms with Crippen LogP contribution in [0.3, 0.4) is 0 Å². The van der Waals surface area contributed by atoms with E-state index in [1.54, 1.807) is 6.07 Å². The first-order valence-corrected chi connectivity index (χ1v) is 6.18. The largest absolute Gasteiger partial charge is 0.492 e. The molecule has 0 saturated carbocycles. The van der Waals surface area contributed by atoms with Gasteiger partial charge in [-0.15, -0.1) is 0 Å². The van der Waals surface area contributed by atoms with Crippen LogP contribution in [0.4, 0.5) is 0 Å². The van der Waals surface area contributed by atoms with Crippen LogP contribution >= 0.6 is 11.6 Å². The summed E-state index contributed by atoms with van der Waals surface area (Å²) in [5.74, 6) is -0.00562. The zero-order valence-corrected chi connectivity index (χ0v) is 12.0. The first-order chi connectivity index (χ1) is 8.92. The number of carboxylic acids is 1. The zero-order chi connectivity index (χ0) is 14.6. The molecule has 3 N–H and O–H groups in total. The molecule has 0 saturated heterocycles. The van der Waals surface area contributed by atoms with Gasteiger partial charge in [-0.05, 0) is 25.0 Å². The van der Waals surface area contributed by atoms with Crippen molar-refractivity contribution in [2.24, 2.45) is 5.73 Å². The SMILES string of the molecule is COc1c(Cl)cc(C)c(C(N)CCC(=O)O)c1OC. The highest BCUT2D eigenvalue weighted by Gasteiger charge is 2.22. The third-order valence-corrected chi connectivity index (χ3v) is 3.16. The molecule has 1 aromatic rings. The van der Waals surface area contributed by atoms with Gasteiger partial charge in [0, 0.05) is 18.0 Å². The first-order valence-electron chi connectivity index (χ1n) is 5.80. The molecule has 5 nitrogen and oxygen atoms in total. The normalized spacial score (nSPS) is 12.1. The molecule has 0 aliphatic heterocycles. The second-order valence-corrected chi connectivity index (χ2v) is 4.60. The number of nitrogens with two attached hydrogens (primary N) is 1. The Labute approximate surface area is 117 Å². The fourth-order valence-corrected chi connectivity index (χ4v) is 2.35. The average Bonchev–Trinajstić information content (AvgIpc) is 2.34. The highest BCUT2D eigenvalue weighted by Crippen LogP contribution is 2.42. The van der Waals surface area contributed by atoms with Gasteiger partial charge < -0.3 is 20.3 Å². The van der Waals surface area contributed by atoms with Gasteiger partial charge in [-0.1, -0.05) is 11.6 Å². The Bertz CT molecular complexity index is 476. The van der Waals surface area contributed by atoms with E-state index in [-0.39, 0.29) is 6.42 Å². The molecule has 0 amide bonds. The Kier molecular flexibility index (Phi) is 5.44. The van der Waals surface area contributed by atoms with Gasteiger partial charge in [0.2, 0.25) is 0 Å². The zero-order valence-electron chi connectivity index (χ0n) is 11.2. The smallest absolute Gasteiger partial charge is 0.303 e. The summed E-state index contributed by atoms with van der Waals surface area (Å²) in [5.41, 5.74) is 7.63. The second-order valence-electron chi connectivity index (χ2n) is 4.19. The summed E-state index contributed by atoms with van der Waals surface area (Å²) in [7, 11) is 2.99. The number of aryl methyl sites for hydroxylation is 1. The molecule has 0 aliphatic carbocycles. The number of carbonyl (C=O) groups is 1. The molecule has 0 fully saturated rings. The number of carboxylic acid groups (broad SMARTS) is 1. The number of hydrogen-bond donors (Lipinski definition) is 2. The molecule has 1 atom stereocenters. The van der Waals surface area contributed by atoms with Crippen LogP contribution in [-0.4, -0.2) is 25.3 Å². The van der Waals surface area contributed by atoms with Crippen molar-refractivity contribution in [3.05, 3.63) is 22.2 Å². The fraction of sp³-hybridized carbons (Fsp3) is 0.462. The number of halogens is 1.